The summed E-state index contributed by atoms with van der Waals surface area (Å²) in [5.41, 5.74) is 8.62. The van der Waals surface area contributed by atoms with Gasteiger partial charge in [-0.05, 0) is 45.4 Å². The maximum atomic E-state index is 6.22. The molecule has 2 fully saturated rings. The number of nitrogens with zero attached hydrogens (tertiary/aromatic N) is 2. The van der Waals surface area contributed by atoms with Gasteiger partial charge in [-0.3, -0.25) is 4.90 Å². The maximum Gasteiger partial charge on any atom is 0.125 e. The van der Waals surface area contributed by atoms with Crippen LogP contribution in [0.5, 0.6) is 5.75 Å². The molecule has 2 heterocycles. The van der Waals surface area contributed by atoms with E-state index in [-0.39, 0.29) is 6.04 Å². The van der Waals surface area contributed by atoms with E-state index in [2.05, 4.69) is 29.0 Å². The second kappa shape index (κ2) is 5.85. The number of rotatable bonds is 3. The van der Waals surface area contributed by atoms with Gasteiger partial charge in [0.05, 0.1) is 7.11 Å². The van der Waals surface area contributed by atoms with Crippen LogP contribution in [-0.2, 0) is 0 Å². The van der Waals surface area contributed by atoms with Crippen LogP contribution in [0.2, 0.25) is 0 Å². The molecule has 1 aromatic rings. The zero-order valence-electron chi connectivity index (χ0n) is 13.4. The van der Waals surface area contributed by atoms with Crippen molar-refractivity contribution >= 4 is 5.69 Å². The van der Waals surface area contributed by atoms with Crippen LogP contribution in [-0.4, -0.2) is 44.2 Å². The van der Waals surface area contributed by atoms with Crippen LogP contribution in [0.1, 0.15) is 37.8 Å². The lowest BCUT2D eigenvalue weighted by Crippen LogP contribution is -2.37. The summed E-state index contributed by atoms with van der Waals surface area (Å²) in [6.45, 7) is 4.25. The van der Waals surface area contributed by atoms with Crippen molar-refractivity contribution in [3.8, 4) is 5.75 Å². The van der Waals surface area contributed by atoms with Gasteiger partial charge in [-0.2, -0.15) is 0 Å². The molecule has 3 rings (SSSR count). The molecule has 0 aromatic heterocycles. The van der Waals surface area contributed by atoms with Crippen molar-refractivity contribution in [2.75, 3.05) is 32.1 Å². The predicted molar refractivity (Wildman–Crippen MR) is 87.0 cm³/mol. The molecule has 0 spiro atoms. The van der Waals surface area contributed by atoms with E-state index in [1.54, 1.807) is 7.11 Å². The third kappa shape index (κ3) is 2.62. The van der Waals surface area contributed by atoms with Gasteiger partial charge in [0, 0.05) is 42.5 Å². The fourth-order valence-electron chi connectivity index (χ4n) is 3.97. The van der Waals surface area contributed by atoms with Crippen molar-refractivity contribution < 1.29 is 4.74 Å². The van der Waals surface area contributed by atoms with Crippen LogP contribution in [0.3, 0.4) is 0 Å². The standard InChI is InChI=1S/C17H27N3O/c1-12(18)17-15(5-4-6-16(17)21-3)20-10-9-13-7-8-14(11-20)19(13)2/h4-6,12-14H,7-11,18H2,1-3H3. The number of anilines is 1. The van der Waals surface area contributed by atoms with E-state index in [4.69, 9.17) is 10.5 Å². The zero-order valence-corrected chi connectivity index (χ0v) is 13.4. The number of nitrogens with two attached hydrogens (primary N) is 1. The highest BCUT2D eigenvalue weighted by atomic mass is 16.5. The molecule has 21 heavy (non-hydrogen) atoms. The Bertz CT molecular complexity index is 503. The first-order valence-electron chi connectivity index (χ1n) is 8.01. The summed E-state index contributed by atoms with van der Waals surface area (Å²) in [4.78, 5) is 5.09. The molecule has 2 aliphatic rings. The number of methoxy groups -OCH3 is 1. The smallest absolute Gasteiger partial charge is 0.125 e. The fourth-order valence-corrected chi connectivity index (χ4v) is 3.97. The Kier molecular flexibility index (Phi) is 4.09. The van der Waals surface area contributed by atoms with Gasteiger partial charge in [-0.25, -0.2) is 0 Å². The minimum absolute atomic E-state index is 0.0191. The van der Waals surface area contributed by atoms with Gasteiger partial charge in [-0.15, -0.1) is 0 Å². The molecule has 2 bridgehead atoms. The number of fused-ring (bicyclic) bond motifs is 2. The molecule has 3 unspecified atom stereocenters. The Morgan fingerprint density at radius 3 is 2.71 bits per heavy atom. The molecule has 4 heteroatoms. The molecular formula is C17H27N3O. The summed E-state index contributed by atoms with van der Waals surface area (Å²) in [6.07, 6.45) is 3.91. The largest absolute Gasteiger partial charge is 0.496 e. The summed E-state index contributed by atoms with van der Waals surface area (Å²) < 4.78 is 5.54. The SMILES string of the molecule is COc1cccc(N2CCC3CCC(C2)N3C)c1C(C)N. The molecule has 0 aliphatic carbocycles. The predicted octanol–water partition coefficient (Wildman–Crippen LogP) is 2.39. The Hall–Kier alpha value is -1.26. The summed E-state index contributed by atoms with van der Waals surface area (Å²) in [5, 5.41) is 0. The number of hydrogen-bond acceptors (Lipinski definition) is 4. The van der Waals surface area contributed by atoms with Gasteiger partial charge in [0.15, 0.2) is 0 Å². The van der Waals surface area contributed by atoms with Gasteiger partial charge in [0.25, 0.3) is 0 Å². The highest BCUT2D eigenvalue weighted by Gasteiger charge is 2.35. The van der Waals surface area contributed by atoms with E-state index in [0.717, 1.165) is 30.4 Å². The molecule has 0 amide bonds. The van der Waals surface area contributed by atoms with Gasteiger partial charge < -0.3 is 15.4 Å². The van der Waals surface area contributed by atoms with Gasteiger partial charge in [-0.1, -0.05) is 6.07 Å². The van der Waals surface area contributed by atoms with E-state index in [1.165, 1.54) is 24.9 Å². The van der Waals surface area contributed by atoms with Crippen LogP contribution in [0, 0.1) is 0 Å². The highest BCUT2D eigenvalue weighted by molar-refractivity contribution is 5.61. The third-order valence-corrected chi connectivity index (χ3v) is 5.21. The Morgan fingerprint density at radius 1 is 1.24 bits per heavy atom. The Morgan fingerprint density at radius 2 is 2.00 bits per heavy atom. The van der Waals surface area contributed by atoms with E-state index in [9.17, 15) is 0 Å². The molecular weight excluding hydrogens is 262 g/mol. The minimum Gasteiger partial charge on any atom is -0.496 e. The van der Waals surface area contributed by atoms with E-state index >= 15 is 0 Å². The van der Waals surface area contributed by atoms with Crippen molar-refractivity contribution in [2.45, 2.75) is 44.3 Å². The van der Waals surface area contributed by atoms with Crippen molar-refractivity contribution in [1.82, 2.24) is 4.90 Å². The van der Waals surface area contributed by atoms with Gasteiger partial charge >= 0.3 is 0 Å². The molecule has 0 saturated carbocycles. The van der Waals surface area contributed by atoms with Crippen LogP contribution in [0.15, 0.2) is 18.2 Å². The number of benzene rings is 1. The van der Waals surface area contributed by atoms with Crippen LogP contribution >= 0.6 is 0 Å². The van der Waals surface area contributed by atoms with Gasteiger partial charge in [0.1, 0.15) is 5.75 Å². The summed E-state index contributed by atoms with van der Waals surface area (Å²) in [7, 11) is 4.01. The van der Waals surface area contributed by atoms with Crippen molar-refractivity contribution in [3.05, 3.63) is 23.8 Å². The average molecular weight is 289 g/mol. The summed E-state index contributed by atoms with van der Waals surface area (Å²) >= 11 is 0. The first-order valence-corrected chi connectivity index (χ1v) is 8.01. The zero-order chi connectivity index (χ0) is 15.0. The average Bonchev–Trinajstić information content (AvgIpc) is 2.71. The number of likely N-dealkylation sites (N-methyl/N-ethyl adjacent to an activating group) is 1. The van der Waals surface area contributed by atoms with Crippen molar-refractivity contribution in [1.29, 1.82) is 0 Å². The highest BCUT2D eigenvalue weighted by Crippen LogP contribution is 2.37. The molecule has 2 aliphatic heterocycles. The lowest BCUT2D eigenvalue weighted by Gasteiger charge is -2.31. The fraction of sp³-hybridized carbons (Fsp3) is 0.647. The molecule has 3 atom stereocenters. The second-order valence-corrected chi connectivity index (χ2v) is 6.47. The number of ether oxygens (including phenoxy) is 1. The van der Waals surface area contributed by atoms with E-state index in [1.807, 2.05) is 13.0 Å². The third-order valence-electron chi connectivity index (χ3n) is 5.21. The summed E-state index contributed by atoms with van der Waals surface area (Å²) in [5.74, 6) is 0.908. The lowest BCUT2D eigenvalue weighted by molar-refractivity contribution is 0.254. The molecule has 116 valence electrons. The normalized spacial score (nSPS) is 27.5. The minimum atomic E-state index is -0.0191. The molecule has 2 saturated heterocycles. The first kappa shape index (κ1) is 14.7. The molecule has 2 N–H and O–H groups in total. The Labute approximate surface area is 127 Å². The molecule has 1 aromatic carbocycles. The van der Waals surface area contributed by atoms with E-state index in [0.29, 0.717) is 6.04 Å². The maximum absolute atomic E-state index is 6.22. The van der Waals surface area contributed by atoms with Crippen molar-refractivity contribution in [3.63, 3.8) is 0 Å². The van der Waals surface area contributed by atoms with Crippen LogP contribution < -0.4 is 15.4 Å². The van der Waals surface area contributed by atoms with Crippen LogP contribution in [0.25, 0.3) is 0 Å². The molecule has 0 radical (unpaired) electrons. The quantitative estimate of drug-likeness (QED) is 0.928. The monoisotopic (exact) mass is 289 g/mol. The van der Waals surface area contributed by atoms with Crippen LogP contribution in [0.4, 0.5) is 5.69 Å². The number of hydrogen-bond donors (Lipinski definition) is 1. The topological polar surface area (TPSA) is 41.7 Å². The summed E-state index contributed by atoms with van der Waals surface area (Å²) in [6, 6.07) is 7.69. The van der Waals surface area contributed by atoms with E-state index < -0.39 is 0 Å². The van der Waals surface area contributed by atoms with Crippen molar-refractivity contribution in [2.24, 2.45) is 5.73 Å². The second-order valence-electron chi connectivity index (χ2n) is 6.47. The first-order chi connectivity index (χ1) is 10.1. The lowest BCUT2D eigenvalue weighted by atomic mass is 10.0. The van der Waals surface area contributed by atoms with Gasteiger partial charge in [0.2, 0.25) is 0 Å². The Balaban J connectivity index is 1.93. The molecule has 4 nitrogen and oxygen atoms in total.